The van der Waals surface area contributed by atoms with E-state index in [2.05, 4.69) is 5.32 Å². The molecule has 0 radical (unpaired) electrons. The Bertz CT molecular complexity index is 895. The molecule has 1 aliphatic heterocycles. The highest BCUT2D eigenvalue weighted by atomic mass is 16.5. The Morgan fingerprint density at radius 1 is 0.933 bits per heavy atom. The van der Waals surface area contributed by atoms with Crippen LogP contribution < -0.4 is 10.1 Å². The molecule has 8 nitrogen and oxygen atoms in total. The predicted octanol–water partition coefficient (Wildman–Crippen LogP) is 1.69. The number of amides is 3. The van der Waals surface area contributed by atoms with Crippen LogP contribution in [-0.2, 0) is 25.7 Å². The molecule has 0 aromatic heterocycles. The quantitative estimate of drug-likeness (QED) is 0.383. The molecule has 0 aliphatic carbocycles. The van der Waals surface area contributed by atoms with Crippen LogP contribution in [0.25, 0.3) is 0 Å². The lowest BCUT2D eigenvalue weighted by molar-refractivity contribution is -0.139. The molecule has 0 spiro atoms. The van der Waals surface area contributed by atoms with E-state index in [1.807, 2.05) is 30.3 Å². The first-order valence-corrected chi connectivity index (χ1v) is 9.57. The number of nitrogens with one attached hydrogen (secondary N) is 1. The van der Waals surface area contributed by atoms with Gasteiger partial charge < -0.3 is 14.8 Å². The largest absolute Gasteiger partial charge is 0.492 e. The molecule has 0 bridgehead atoms. The number of imide groups is 1. The van der Waals surface area contributed by atoms with E-state index >= 15 is 0 Å². The van der Waals surface area contributed by atoms with Gasteiger partial charge >= 0.3 is 5.97 Å². The minimum atomic E-state index is -0.634. The summed E-state index contributed by atoms with van der Waals surface area (Å²) in [4.78, 5) is 48.4. The topological polar surface area (TPSA) is 102 Å². The van der Waals surface area contributed by atoms with Gasteiger partial charge in [0, 0.05) is 12.8 Å². The second kappa shape index (κ2) is 10.2. The summed E-state index contributed by atoms with van der Waals surface area (Å²) in [7, 11) is 0. The summed E-state index contributed by atoms with van der Waals surface area (Å²) in [5.41, 5.74) is 1.00. The van der Waals surface area contributed by atoms with Crippen molar-refractivity contribution < 1.29 is 28.7 Å². The molecule has 2 aromatic rings. The number of hydrogen-bond acceptors (Lipinski definition) is 6. The number of carbonyl (C=O) groups excluding carboxylic acids is 4. The maximum Gasteiger partial charge on any atom is 0.338 e. The molecule has 30 heavy (non-hydrogen) atoms. The maximum atomic E-state index is 12.1. The molecule has 3 rings (SSSR count). The van der Waals surface area contributed by atoms with E-state index in [4.69, 9.17) is 9.47 Å². The van der Waals surface area contributed by atoms with Crippen molar-refractivity contribution in [3.63, 3.8) is 0 Å². The molecule has 1 saturated heterocycles. The number of nitrogens with zero attached hydrogens (tertiary/aromatic N) is 1. The van der Waals surface area contributed by atoms with Crippen LogP contribution in [0.5, 0.6) is 5.75 Å². The van der Waals surface area contributed by atoms with Crippen LogP contribution in [0.2, 0.25) is 0 Å². The Kier molecular flexibility index (Phi) is 7.15. The SMILES string of the molecule is O=C(COC(=O)c1ccc(CN2C(=O)CCC2=O)cc1)NCCOc1ccccc1. The van der Waals surface area contributed by atoms with Crippen LogP contribution in [0.1, 0.15) is 28.8 Å². The zero-order chi connectivity index (χ0) is 21.3. The highest BCUT2D eigenvalue weighted by molar-refractivity contribution is 6.01. The summed E-state index contributed by atoms with van der Waals surface area (Å²) in [5.74, 6) is -0.735. The van der Waals surface area contributed by atoms with Crippen molar-refractivity contribution in [3.05, 3.63) is 65.7 Å². The highest BCUT2D eigenvalue weighted by Gasteiger charge is 2.28. The molecule has 3 amide bonds. The average Bonchev–Trinajstić information content (AvgIpc) is 3.08. The van der Waals surface area contributed by atoms with E-state index < -0.39 is 18.5 Å². The fraction of sp³-hybridized carbons (Fsp3) is 0.273. The van der Waals surface area contributed by atoms with Gasteiger partial charge in [-0.05, 0) is 29.8 Å². The van der Waals surface area contributed by atoms with Gasteiger partial charge in [0.2, 0.25) is 11.8 Å². The van der Waals surface area contributed by atoms with Crippen molar-refractivity contribution in [2.24, 2.45) is 0 Å². The average molecular weight is 410 g/mol. The zero-order valence-electron chi connectivity index (χ0n) is 16.3. The predicted molar refractivity (Wildman–Crippen MR) is 106 cm³/mol. The number of benzene rings is 2. The Balaban J connectivity index is 1.37. The number of para-hydroxylation sites is 1. The second-order valence-electron chi connectivity index (χ2n) is 6.66. The molecule has 1 heterocycles. The summed E-state index contributed by atoms with van der Waals surface area (Å²) >= 11 is 0. The summed E-state index contributed by atoms with van der Waals surface area (Å²) in [5, 5.41) is 2.61. The molecule has 2 aromatic carbocycles. The molecule has 8 heteroatoms. The molecule has 0 saturated carbocycles. The van der Waals surface area contributed by atoms with Gasteiger partial charge in [-0.3, -0.25) is 19.3 Å². The van der Waals surface area contributed by atoms with E-state index in [0.717, 1.165) is 5.56 Å². The van der Waals surface area contributed by atoms with Crippen LogP contribution >= 0.6 is 0 Å². The molecular formula is C22H22N2O6. The van der Waals surface area contributed by atoms with Gasteiger partial charge in [-0.25, -0.2) is 4.79 Å². The fourth-order valence-electron chi connectivity index (χ4n) is 2.87. The Morgan fingerprint density at radius 3 is 2.27 bits per heavy atom. The standard InChI is InChI=1S/C22H22N2O6/c25-19(23-12-13-29-18-4-2-1-3-5-18)15-30-22(28)17-8-6-16(7-9-17)14-24-20(26)10-11-21(24)27/h1-9H,10-15H2,(H,23,25). The van der Waals surface area contributed by atoms with Gasteiger partial charge in [0.1, 0.15) is 12.4 Å². The third-order valence-electron chi connectivity index (χ3n) is 4.46. The van der Waals surface area contributed by atoms with Crippen molar-refractivity contribution in [2.45, 2.75) is 19.4 Å². The minimum Gasteiger partial charge on any atom is -0.492 e. The van der Waals surface area contributed by atoms with Crippen molar-refractivity contribution in [1.82, 2.24) is 10.2 Å². The molecule has 1 N–H and O–H groups in total. The lowest BCUT2D eigenvalue weighted by Crippen LogP contribution is -2.32. The first-order valence-electron chi connectivity index (χ1n) is 9.57. The number of likely N-dealkylation sites (tertiary alicyclic amines) is 1. The lowest BCUT2D eigenvalue weighted by atomic mass is 10.1. The van der Waals surface area contributed by atoms with Crippen molar-refractivity contribution in [3.8, 4) is 5.75 Å². The maximum absolute atomic E-state index is 12.1. The van der Waals surface area contributed by atoms with Crippen molar-refractivity contribution in [2.75, 3.05) is 19.8 Å². The van der Waals surface area contributed by atoms with Crippen LogP contribution in [-0.4, -0.2) is 48.3 Å². The van der Waals surface area contributed by atoms with Crippen LogP contribution in [0.15, 0.2) is 54.6 Å². The highest BCUT2D eigenvalue weighted by Crippen LogP contribution is 2.16. The van der Waals surface area contributed by atoms with E-state index in [9.17, 15) is 19.2 Å². The van der Waals surface area contributed by atoms with Crippen LogP contribution in [0, 0.1) is 0 Å². The van der Waals surface area contributed by atoms with Gasteiger partial charge in [-0.15, -0.1) is 0 Å². The minimum absolute atomic E-state index is 0.181. The van der Waals surface area contributed by atoms with Gasteiger partial charge in [0.15, 0.2) is 6.61 Å². The number of hydrogen-bond donors (Lipinski definition) is 1. The number of carbonyl (C=O) groups is 4. The first-order chi connectivity index (χ1) is 14.5. The monoisotopic (exact) mass is 410 g/mol. The summed E-state index contributed by atoms with van der Waals surface area (Å²) in [6, 6.07) is 15.6. The number of esters is 1. The first kappa shape index (κ1) is 21.0. The van der Waals surface area contributed by atoms with Gasteiger partial charge in [-0.2, -0.15) is 0 Å². The Labute approximate surface area is 173 Å². The van der Waals surface area contributed by atoms with E-state index in [1.54, 1.807) is 12.1 Å². The van der Waals surface area contributed by atoms with E-state index in [0.29, 0.717) is 12.4 Å². The normalized spacial score (nSPS) is 13.3. The summed E-state index contributed by atoms with van der Waals surface area (Å²) in [6.45, 7) is 0.365. The summed E-state index contributed by atoms with van der Waals surface area (Å²) in [6.07, 6.45) is 0.480. The fourth-order valence-corrected chi connectivity index (χ4v) is 2.87. The molecule has 0 unspecified atom stereocenters. The van der Waals surface area contributed by atoms with Gasteiger partial charge in [0.05, 0.1) is 18.7 Å². The van der Waals surface area contributed by atoms with Gasteiger partial charge in [0.25, 0.3) is 5.91 Å². The smallest absolute Gasteiger partial charge is 0.338 e. The number of ether oxygens (including phenoxy) is 2. The van der Waals surface area contributed by atoms with Gasteiger partial charge in [-0.1, -0.05) is 30.3 Å². The van der Waals surface area contributed by atoms with E-state index in [1.165, 1.54) is 17.0 Å². The zero-order valence-corrected chi connectivity index (χ0v) is 16.3. The van der Waals surface area contributed by atoms with E-state index in [-0.39, 0.29) is 43.3 Å². The van der Waals surface area contributed by atoms with Crippen LogP contribution in [0.4, 0.5) is 0 Å². The number of rotatable bonds is 9. The molecule has 1 aliphatic rings. The molecule has 156 valence electrons. The Hall–Kier alpha value is -3.68. The Morgan fingerprint density at radius 2 is 1.60 bits per heavy atom. The lowest BCUT2D eigenvalue weighted by Gasteiger charge is -2.13. The van der Waals surface area contributed by atoms with Crippen molar-refractivity contribution in [1.29, 1.82) is 0 Å². The summed E-state index contributed by atoms with van der Waals surface area (Å²) < 4.78 is 10.5. The molecular weight excluding hydrogens is 388 g/mol. The van der Waals surface area contributed by atoms with Crippen LogP contribution in [0.3, 0.4) is 0 Å². The molecule has 1 fully saturated rings. The third-order valence-corrected chi connectivity index (χ3v) is 4.46. The third kappa shape index (κ3) is 5.91. The second-order valence-corrected chi connectivity index (χ2v) is 6.66. The molecule has 0 atom stereocenters. The van der Waals surface area contributed by atoms with Crippen molar-refractivity contribution >= 4 is 23.7 Å².